The fourth-order valence-corrected chi connectivity index (χ4v) is 7.10. The predicted octanol–water partition coefficient (Wildman–Crippen LogP) is 11.4. The number of hydrogen-bond donors (Lipinski definition) is 0. The highest BCUT2D eigenvalue weighted by atomic mass is 79.9. The van der Waals surface area contributed by atoms with Gasteiger partial charge in [-0.05, 0) is 119 Å². The molecule has 2 rings (SSSR count). The van der Waals surface area contributed by atoms with Crippen LogP contribution in [0.4, 0.5) is 0 Å². The summed E-state index contributed by atoms with van der Waals surface area (Å²) in [5.41, 5.74) is 2.10. The standard InChI is InChI=1S/C18H12Br10O/c19-5-11(23)17(7-1-3-9(21)15(27)13(7)25)29-18(12(24)6-20)8-2-4-10(22)16(28)14(8)26/h1-4,11-12,17-18H,5-6H2. The van der Waals surface area contributed by atoms with E-state index in [4.69, 9.17) is 4.74 Å². The van der Waals surface area contributed by atoms with Crippen molar-refractivity contribution in [1.29, 1.82) is 0 Å². The molecule has 0 fully saturated rings. The van der Waals surface area contributed by atoms with Gasteiger partial charge in [-0.25, -0.2) is 0 Å². The van der Waals surface area contributed by atoms with E-state index in [9.17, 15) is 0 Å². The molecule has 0 radical (unpaired) electrons. The first kappa shape index (κ1) is 28.4. The zero-order valence-electron chi connectivity index (χ0n) is 14.2. The Kier molecular flexibility index (Phi) is 13.1. The van der Waals surface area contributed by atoms with Crippen LogP contribution >= 0.6 is 159 Å². The quantitative estimate of drug-likeness (QED) is 0.189. The molecule has 4 atom stereocenters. The maximum Gasteiger partial charge on any atom is 0.0978 e. The molecule has 29 heavy (non-hydrogen) atoms. The summed E-state index contributed by atoms with van der Waals surface area (Å²) < 4.78 is 12.6. The highest BCUT2D eigenvalue weighted by Crippen LogP contribution is 2.46. The molecule has 1 nitrogen and oxygen atoms in total. The van der Waals surface area contributed by atoms with E-state index in [1.807, 2.05) is 12.1 Å². The van der Waals surface area contributed by atoms with Gasteiger partial charge in [-0.3, -0.25) is 0 Å². The molecular formula is C18H12Br10O. The smallest absolute Gasteiger partial charge is 0.0978 e. The minimum absolute atomic E-state index is 0.0575. The normalized spacial score (nSPS) is 15.8. The van der Waals surface area contributed by atoms with E-state index in [1.54, 1.807) is 0 Å². The number of benzene rings is 2. The zero-order chi connectivity index (χ0) is 21.9. The fourth-order valence-electron chi connectivity index (χ4n) is 2.55. The first-order valence-corrected chi connectivity index (χ1v) is 16.8. The van der Waals surface area contributed by atoms with Gasteiger partial charge in [0.2, 0.25) is 0 Å². The lowest BCUT2D eigenvalue weighted by Gasteiger charge is -2.32. The van der Waals surface area contributed by atoms with Crippen molar-refractivity contribution < 1.29 is 4.74 Å². The van der Waals surface area contributed by atoms with E-state index < -0.39 is 0 Å². The minimum atomic E-state index is -0.216. The van der Waals surface area contributed by atoms with Crippen molar-refractivity contribution in [3.8, 4) is 0 Å². The van der Waals surface area contributed by atoms with Gasteiger partial charge in [-0.2, -0.15) is 0 Å². The molecule has 0 heterocycles. The van der Waals surface area contributed by atoms with Crippen LogP contribution in [0.15, 0.2) is 51.1 Å². The largest absolute Gasteiger partial charge is 0.363 e. The van der Waals surface area contributed by atoms with E-state index >= 15 is 0 Å². The summed E-state index contributed by atoms with van der Waals surface area (Å²) in [5, 5.41) is 1.47. The minimum Gasteiger partial charge on any atom is -0.363 e. The summed E-state index contributed by atoms with van der Waals surface area (Å²) >= 11 is 36.7. The molecule has 2 aromatic carbocycles. The van der Waals surface area contributed by atoms with Crippen molar-refractivity contribution in [1.82, 2.24) is 0 Å². The Morgan fingerprint density at radius 1 is 0.586 bits per heavy atom. The van der Waals surface area contributed by atoms with Crippen LogP contribution in [0.3, 0.4) is 0 Å². The molecule has 0 aliphatic heterocycles. The molecule has 0 saturated heterocycles. The SMILES string of the molecule is BrCC(Br)C(OC(c1ccc(Br)c(Br)c1Br)C(Br)CBr)c1ccc(Br)c(Br)c1Br. The second-order valence-corrected chi connectivity index (χ2v) is 14.4. The van der Waals surface area contributed by atoms with Gasteiger partial charge < -0.3 is 4.74 Å². The summed E-state index contributed by atoms with van der Waals surface area (Å²) in [5.74, 6) is 0. The molecule has 0 aromatic heterocycles. The van der Waals surface area contributed by atoms with Gasteiger partial charge in [0.15, 0.2) is 0 Å². The number of halogens is 10. The van der Waals surface area contributed by atoms with E-state index in [0.29, 0.717) is 0 Å². The third kappa shape index (κ3) is 7.10. The van der Waals surface area contributed by atoms with Crippen LogP contribution in [0.1, 0.15) is 23.3 Å². The monoisotopic (exact) mass is 1030 g/mol. The highest BCUT2D eigenvalue weighted by molar-refractivity contribution is 9.15. The predicted molar refractivity (Wildman–Crippen MR) is 159 cm³/mol. The molecule has 0 saturated carbocycles. The van der Waals surface area contributed by atoms with Crippen LogP contribution in [0, 0.1) is 0 Å². The van der Waals surface area contributed by atoms with Crippen molar-refractivity contribution >= 4 is 159 Å². The molecule has 0 N–H and O–H groups in total. The lowest BCUT2D eigenvalue weighted by atomic mass is 10.0. The topological polar surface area (TPSA) is 9.23 Å². The lowest BCUT2D eigenvalue weighted by molar-refractivity contribution is -0.0105. The van der Waals surface area contributed by atoms with Crippen LogP contribution in [0.25, 0.3) is 0 Å². The van der Waals surface area contributed by atoms with Gasteiger partial charge in [-0.15, -0.1) is 0 Å². The molecule has 0 spiro atoms. The molecular weight excluding hydrogens is 1030 g/mol. The molecule has 2 aromatic rings. The number of alkyl halides is 4. The summed E-state index contributed by atoms with van der Waals surface area (Å²) in [6, 6.07) is 8.18. The van der Waals surface area contributed by atoms with Gasteiger partial charge in [0.1, 0.15) is 0 Å². The molecule has 4 unspecified atom stereocenters. The summed E-state index contributed by atoms with van der Waals surface area (Å²) in [7, 11) is 0. The summed E-state index contributed by atoms with van der Waals surface area (Å²) in [6.07, 6.45) is -0.432. The van der Waals surface area contributed by atoms with E-state index in [-0.39, 0.29) is 21.9 Å². The Bertz CT molecular complexity index is 790. The first-order chi connectivity index (χ1) is 13.6. The number of hydrogen-bond acceptors (Lipinski definition) is 1. The van der Waals surface area contributed by atoms with Crippen LogP contribution < -0.4 is 0 Å². The third-order valence-corrected chi connectivity index (χ3v) is 15.5. The second kappa shape index (κ2) is 13.3. The Morgan fingerprint density at radius 3 is 1.24 bits per heavy atom. The Balaban J connectivity index is 2.56. The molecule has 11 heteroatoms. The van der Waals surface area contributed by atoms with Crippen molar-refractivity contribution in [2.45, 2.75) is 21.9 Å². The number of rotatable bonds is 8. The molecule has 0 aliphatic rings. The Labute approximate surface area is 254 Å². The van der Waals surface area contributed by atoms with Crippen molar-refractivity contribution in [2.24, 2.45) is 0 Å². The van der Waals surface area contributed by atoms with Crippen LogP contribution in [0.5, 0.6) is 0 Å². The molecule has 0 amide bonds. The molecule has 0 bridgehead atoms. The van der Waals surface area contributed by atoms with Crippen molar-refractivity contribution in [3.63, 3.8) is 0 Å². The van der Waals surface area contributed by atoms with E-state index in [1.165, 1.54) is 0 Å². The average Bonchev–Trinajstić information content (AvgIpc) is 2.71. The van der Waals surface area contributed by atoms with E-state index in [0.717, 1.165) is 48.6 Å². The highest BCUT2D eigenvalue weighted by Gasteiger charge is 2.32. The maximum atomic E-state index is 6.79. The van der Waals surface area contributed by atoms with Gasteiger partial charge in [-0.1, -0.05) is 75.9 Å². The zero-order valence-corrected chi connectivity index (χ0v) is 30.1. The van der Waals surface area contributed by atoms with Gasteiger partial charge >= 0.3 is 0 Å². The number of ether oxygens (including phenoxy) is 1. The molecule has 160 valence electrons. The lowest BCUT2D eigenvalue weighted by Crippen LogP contribution is -2.26. The van der Waals surface area contributed by atoms with Gasteiger partial charge in [0.05, 0.1) is 21.9 Å². The first-order valence-electron chi connectivity index (χ1n) is 7.96. The fraction of sp³-hybridized carbons (Fsp3) is 0.333. The van der Waals surface area contributed by atoms with Crippen molar-refractivity contribution in [2.75, 3.05) is 10.7 Å². The van der Waals surface area contributed by atoms with Crippen molar-refractivity contribution in [3.05, 3.63) is 62.2 Å². The average molecular weight is 1040 g/mol. The third-order valence-electron chi connectivity index (χ3n) is 3.99. The van der Waals surface area contributed by atoms with Gasteiger partial charge in [0, 0.05) is 37.5 Å². The van der Waals surface area contributed by atoms with E-state index in [2.05, 4.69) is 171 Å². The summed E-state index contributed by atoms with van der Waals surface area (Å²) in [4.78, 5) is 0.115. The maximum absolute atomic E-state index is 6.79. The summed E-state index contributed by atoms with van der Waals surface area (Å²) in [6.45, 7) is 0. The van der Waals surface area contributed by atoms with Crippen LogP contribution in [-0.4, -0.2) is 20.3 Å². The van der Waals surface area contributed by atoms with Crippen LogP contribution in [0.2, 0.25) is 0 Å². The van der Waals surface area contributed by atoms with Gasteiger partial charge in [0.25, 0.3) is 0 Å². The molecule has 0 aliphatic carbocycles. The second-order valence-electron chi connectivity index (χ2n) is 5.85. The van der Waals surface area contributed by atoms with Crippen LogP contribution in [-0.2, 0) is 4.74 Å². The Hall–Kier alpha value is 3.20. The Morgan fingerprint density at radius 2 is 0.931 bits per heavy atom.